The van der Waals surface area contributed by atoms with Crippen LogP contribution in [-0.2, 0) is 4.79 Å². The predicted octanol–water partition coefficient (Wildman–Crippen LogP) is 3.70. The highest BCUT2D eigenvalue weighted by Gasteiger charge is 2.15. The number of nitro groups is 1. The van der Waals surface area contributed by atoms with Gasteiger partial charge in [0.25, 0.3) is 5.69 Å². The molecular formula is C18H13N5O4S. The molecule has 140 valence electrons. The van der Waals surface area contributed by atoms with Crippen LogP contribution in [0.2, 0.25) is 0 Å². The number of carboxylic acid groups (broad SMARTS) is 1. The van der Waals surface area contributed by atoms with Crippen molar-refractivity contribution in [1.29, 1.82) is 0 Å². The van der Waals surface area contributed by atoms with E-state index in [4.69, 9.17) is 5.11 Å². The number of hydrogen-bond acceptors (Lipinski definition) is 6. The molecule has 0 spiro atoms. The zero-order valence-corrected chi connectivity index (χ0v) is 15.1. The minimum Gasteiger partial charge on any atom is -0.481 e. The maximum Gasteiger partial charge on any atom is 0.313 e. The number of hydrogen-bond donors (Lipinski definition) is 3. The highest BCUT2D eigenvalue weighted by atomic mass is 32.2. The molecule has 0 atom stereocenters. The number of H-pyrrole nitrogens is 2. The Kier molecular flexibility index (Phi) is 4.53. The third-order valence-corrected chi connectivity index (χ3v) is 4.91. The Morgan fingerprint density at radius 3 is 2.75 bits per heavy atom. The lowest BCUT2D eigenvalue weighted by Crippen LogP contribution is -1.97. The number of aliphatic carboxylic acids is 1. The molecule has 0 saturated carbocycles. The third-order valence-electron chi connectivity index (χ3n) is 4.08. The zero-order valence-electron chi connectivity index (χ0n) is 14.2. The average molecular weight is 395 g/mol. The summed E-state index contributed by atoms with van der Waals surface area (Å²) in [5.74, 6) is -0.816. The predicted molar refractivity (Wildman–Crippen MR) is 104 cm³/mol. The number of carboxylic acids is 1. The molecule has 0 aliphatic heterocycles. The van der Waals surface area contributed by atoms with Crippen LogP contribution in [0, 0.1) is 10.1 Å². The lowest BCUT2D eigenvalue weighted by molar-refractivity contribution is -0.384. The van der Waals surface area contributed by atoms with Gasteiger partial charge in [0.1, 0.15) is 0 Å². The van der Waals surface area contributed by atoms with Crippen molar-refractivity contribution in [1.82, 2.24) is 20.2 Å². The van der Waals surface area contributed by atoms with E-state index < -0.39 is 10.9 Å². The molecule has 0 saturated heterocycles. The maximum absolute atomic E-state index is 11.4. The first kappa shape index (κ1) is 17.7. The van der Waals surface area contributed by atoms with Crippen LogP contribution < -0.4 is 0 Å². The molecule has 9 nitrogen and oxygen atoms in total. The smallest absolute Gasteiger partial charge is 0.313 e. The molecule has 0 amide bonds. The number of aromatic amines is 2. The van der Waals surface area contributed by atoms with Gasteiger partial charge in [-0.05, 0) is 40.8 Å². The number of benzene rings is 2. The summed E-state index contributed by atoms with van der Waals surface area (Å²) < 4.78 is 0. The lowest BCUT2D eigenvalue weighted by Gasteiger charge is -2.05. The number of thioether (sulfide) groups is 1. The second kappa shape index (κ2) is 7.16. The number of fused-ring (bicyclic) bond motifs is 1. The average Bonchev–Trinajstić information content (AvgIpc) is 3.34. The van der Waals surface area contributed by atoms with Gasteiger partial charge in [-0.2, -0.15) is 0 Å². The fourth-order valence-electron chi connectivity index (χ4n) is 2.82. The van der Waals surface area contributed by atoms with Gasteiger partial charge < -0.3 is 10.1 Å². The monoisotopic (exact) mass is 395 g/mol. The second-order valence-electron chi connectivity index (χ2n) is 5.95. The van der Waals surface area contributed by atoms with E-state index >= 15 is 0 Å². The first-order valence-corrected chi connectivity index (χ1v) is 9.12. The highest BCUT2D eigenvalue weighted by Crippen LogP contribution is 2.32. The number of aromatic nitrogens is 4. The quantitative estimate of drug-likeness (QED) is 0.257. The number of carbonyl (C=O) groups is 1. The minimum atomic E-state index is -0.978. The second-order valence-corrected chi connectivity index (χ2v) is 6.90. The van der Waals surface area contributed by atoms with Gasteiger partial charge in [0, 0.05) is 29.4 Å². The van der Waals surface area contributed by atoms with E-state index in [1.54, 1.807) is 6.07 Å². The standard InChI is InChI=1S/C18H13N5O4S/c24-16(25)9-28-18-20-17(21-22-18)13-6-12(7-14(8-13)23(26)27)10-1-2-15-11(5-10)3-4-19-15/h1-8,19H,9H2,(H,24,25)(H,20,21,22). The molecule has 10 heteroatoms. The fourth-order valence-corrected chi connectivity index (χ4v) is 3.34. The Balaban J connectivity index is 1.75. The van der Waals surface area contributed by atoms with Crippen molar-refractivity contribution in [3.63, 3.8) is 0 Å². The number of nitrogens with one attached hydrogen (secondary N) is 2. The van der Waals surface area contributed by atoms with E-state index in [2.05, 4.69) is 20.2 Å². The number of nitrogens with zero attached hydrogens (tertiary/aromatic N) is 3. The van der Waals surface area contributed by atoms with Crippen molar-refractivity contribution in [3.8, 4) is 22.5 Å². The van der Waals surface area contributed by atoms with Crippen molar-refractivity contribution >= 4 is 34.3 Å². The molecule has 2 aromatic heterocycles. The molecule has 2 heterocycles. The van der Waals surface area contributed by atoms with Crippen LogP contribution in [0.4, 0.5) is 5.69 Å². The largest absolute Gasteiger partial charge is 0.481 e. The van der Waals surface area contributed by atoms with Gasteiger partial charge in [0.05, 0.1) is 10.7 Å². The van der Waals surface area contributed by atoms with Gasteiger partial charge in [-0.25, -0.2) is 4.98 Å². The number of rotatable bonds is 6. The minimum absolute atomic E-state index is 0.0715. The van der Waals surface area contributed by atoms with E-state index in [9.17, 15) is 14.9 Å². The summed E-state index contributed by atoms with van der Waals surface area (Å²) >= 11 is 0.967. The lowest BCUT2D eigenvalue weighted by atomic mass is 10.0. The summed E-state index contributed by atoms with van der Waals surface area (Å²) in [7, 11) is 0. The van der Waals surface area contributed by atoms with Crippen LogP contribution in [0.15, 0.2) is 53.8 Å². The molecule has 2 aromatic carbocycles. The van der Waals surface area contributed by atoms with E-state index in [-0.39, 0.29) is 16.6 Å². The molecule has 0 bridgehead atoms. The summed E-state index contributed by atoms with van der Waals surface area (Å²) in [4.78, 5) is 29.0. The molecule has 0 aliphatic carbocycles. The van der Waals surface area contributed by atoms with Gasteiger partial charge in [0.15, 0.2) is 5.82 Å². The van der Waals surface area contributed by atoms with Crippen molar-refractivity contribution in [2.75, 3.05) is 5.75 Å². The Morgan fingerprint density at radius 2 is 1.96 bits per heavy atom. The van der Waals surface area contributed by atoms with E-state index in [0.717, 1.165) is 28.2 Å². The Morgan fingerprint density at radius 1 is 1.14 bits per heavy atom. The molecule has 0 radical (unpaired) electrons. The van der Waals surface area contributed by atoms with Crippen molar-refractivity contribution in [2.45, 2.75) is 5.16 Å². The van der Waals surface area contributed by atoms with E-state index in [1.807, 2.05) is 30.5 Å². The van der Waals surface area contributed by atoms with Crippen LogP contribution >= 0.6 is 11.8 Å². The molecular weight excluding hydrogens is 382 g/mol. The fraction of sp³-hybridized carbons (Fsp3) is 0.0556. The molecule has 28 heavy (non-hydrogen) atoms. The summed E-state index contributed by atoms with van der Waals surface area (Å²) in [5.41, 5.74) is 2.90. The van der Waals surface area contributed by atoms with E-state index in [1.165, 1.54) is 12.1 Å². The first-order valence-electron chi connectivity index (χ1n) is 8.14. The van der Waals surface area contributed by atoms with Crippen LogP contribution in [0.1, 0.15) is 0 Å². The molecule has 0 unspecified atom stereocenters. The summed E-state index contributed by atoms with van der Waals surface area (Å²) in [6.07, 6.45) is 1.83. The van der Waals surface area contributed by atoms with E-state index in [0.29, 0.717) is 17.0 Å². The van der Waals surface area contributed by atoms with Gasteiger partial charge >= 0.3 is 5.97 Å². The molecule has 4 rings (SSSR count). The van der Waals surface area contributed by atoms with Gasteiger partial charge in [0.2, 0.25) is 5.16 Å². The van der Waals surface area contributed by atoms with Crippen LogP contribution in [0.25, 0.3) is 33.4 Å². The first-order chi connectivity index (χ1) is 13.5. The molecule has 3 N–H and O–H groups in total. The third kappa shape index (κ3) is 3.58. The van der Waals surface area contributed by atoms with Crippen molar-refractivity contribution in [2.24, 2.45) is 0 Å². The van der Waals surface area contributed by atoms with Crippen molar-refractivity contribution < 1.29 is 14.8 Å². The maximum atomic E-state index is 11.4. The summed E-state index contributed by atoms with van der Waals surface area (Å²) in [6, 6.07) is 12.4. The van der Waals surface area contributed by atoms with Crippen LogP contribution in [0.3, 0.4) is 0 Å². The van der Waals surface area contributed by atoms with Crippen molar-refractivity contribution in [3.05, 3.63) is 58.8 Å². The molecule has 4 aromatic rings. The van der Waals surface area contributed by atoms with Crippen LogP contribution in [0.5, 0.6) is 0 Å². The van der Waals surface area contributed by atoms with Gasteiger partial charge in [-0.1, -0.05) is 17.8 Å². The van der Waals surface area contributed by atoms with Crippen LogP contribution in [-0.4, -0.2) is 41.9 Å². The Labute approximate surface area is 162 Å². The highest BCUT2D eigenvalue weighted by molar-refractivity contribution is 7.99. The number of non-ortho nitro benzene ring substituents is 1. The number of nitro benzene ring substituents is 1. The molecule has 0 fully saturated rings. The summed E-state index contributed by atoms with van der Waals surface area (Å²) in [5, 5.41) is 28.1. The van der Waals surface area contributed by atoms with Gasteiger partial charge in [-0.3, -0.25) is 20.0 Å². The summed E-state index contributed by atoms with van der Waals surface area (Å²) in [6.45, 7) is 0. The topological polar surface area (TPSA) is 138 Å². The Bertz CT molecular complexity index is 1200. The SMILES string of the molecule is O=C(O)CSc1n[nH]c(-c2cc(-c3ccc4[nH]ccc4c3)cc([N+](=O)[O-])c2)n1. The zero-order chi connectivity index (χ0) is 19.7. The molecule has 0 aliphatic rings. The normalized spacial score (nSPS) is 11.0. The van der Waals surface area contributed by atoms with Gasteiger partial charge in [-0.15, -0.1) is 5.10 Å². The Hall–Kier alpha value is -3.66.